The van der Waals surface area contributed by atoms with Gasteiger partial charge in [0.25, 0.3) is 26.1 Å². The molecule has 3 amide bonds. The number of nitrogens with zero attached hydrogens (tertiary/aromatic N) is 4. The first-order valence-electron chi connectivity index (χ1n) is 33.2. The number of para-hydroxylation sites is 2. The minimum Gasteiger partial charge on any atom is -0.493 e. The van der Waals surface area contributed by atoms with Gasteiger partial charge in [-0.1, -0.05) is 248 Å². The lowest BCUT2D eigenvalue weighted by Gasteiger charge is -2.15. The van der Waals surface area contributed by atoms with Gasteiger partial charge in [0.2, 0.25) is 17.7 Å². The Labute approximate surface area is 540 Å². The predicted molar refractivity (Wildman–Crippen MR) is 361 cm³/mol. The molecular formula is C71H96N6O12S2. The van der Waals surface area contributed by atoms with Crippen molar-refractivity contribution in [3.8, 4) is 34.6 Å². The number of aromatic nitrogens is 2. The molecule has 18 nitrogen and oxygen atoms in total. The van der Waals surface area contributed by atoms with Crippen LogP contribution >= 0.6 is 0 Å². The largest absolute Gasteiger partial charge is 0.493 e. The highest BCUT2D eigenvalue weighted by Crippen LogP contribution is 2.37. The minimum absolute atomic E-state index is 0.00295. The number of anilines is 2. The van der Waals surface area contributed by atoms with Crippen LogP contribution in [0.3, 0.4) is 0 Å². The number of benzene rings is 4. The van der Waals surface area contributed by atoms with Crippen molar-refractivity contribution in [3.63, 3.8) is 0 Å². The Morgan fingerprint density at radius 3 is 1.33 bits per heavy atom. The van der Waals surface area contributed by atoms with Crippen molar-refractivity contribution in [2.24, 2.45) is 5.10 Å². The number of allylic oxidation sites excluding steroid dienone is 4. The van der Waals surface area contributed by atoms with Gasteiger partial charge in [-0.15, -0.1) is 10.2 Å². The summed E-state index contributed by atoms with van der Waals surface area (Å²) in [5.41, 5.74) is -0.0819. The van der Waals surface area contributed by atoms with E-state index in [9.17, 15) is 45.4 Å². The highest BCUT2D eigenvalue weighted by Gasteiger charge is 2.33. The number of ether oxygens (including phenoxy) is 2. The van der Waals surface area contributed by atoms with E-state index in [1.165, 1.54) is 183 Å². The fourth-order valence-corrected chi connectivity index (χ4v) is 12.1. The van der Waals surface area contributed by atoms with E-state index in [4.69, 9.17) is 9.47 Å². The number of rotatable bonds is 44. The Morgan fingerprint density at radius 2 is 0.901 bits per heavy atom. The van der Waals surface area contributed by atoms with E-state index >= 15 is 0 Å². The summed E-state index contributed by atoms with van der Waals surface area (Å²) in [6.07, 6.45) is 42.8. The van der Waals surface area contributed by atoms with E-state index in [0.29, 0.717) is 24.3 Å². The van der Waals surface area contributed by atoms with Gasteiger partial charge in [0.1, 0.15) is 32.8 Å². The summed E-state index contributed by atoms with van der Waals surface area (Å²) < 4.78 is 84.3. The molecule has 1 aliphatic rings. The topological polar surface area (TPSA) is 256 Å². The average Bonchev–Trinajstić information content (AvgIpc) is 1.75. The van der Waals surface area contributed by atoms with Crippen LogP contribution in [0.15, 0.2) is 142 Å². The van der Waals surface area contributed by atoms with Gasteiger partial charge in [-0.3, -0.25) is 23.5 Å². The third-order valence-corrected chi connectivity index (χ3v) is 17.6. The first-order chi connectivity index (χ1) is 44.1. The Hall–Kier alpha value is -7.39. The zero-order valence-corrected chi connectivity index (χ0v) is 55.0. The van der Waals surface area contributed by atoms with Gasteiger partial charge < -0.3 is 25.2 Å². The van der Waals surface area contributed by atoms with Crippen molar-refractivity contribution in [1.29, 1.82) is 0 Å². The number of hydrogen-bond acceptors (Lipinski definition) is 12. The van der Waals surface area contributed by atoms with E-state index < -0.39 is 41.8 Å². The van der Waals surface area contributed by atoms with E-state index in [-0.39, 0.29) is 70.3 Å². The second-order valence-electron chi connectivity index (χ2n) is 23.4. The van der Waals surface area contributed by atoms with E-state index in [0.717, 1.165) is 73.2 Å². The third kappa shape index (κ3) is 25.7. The van der Waals surface area contributed by atoms with E-state index in [2.05, 4.69) is 34.7 Å². The molecule has 0 bridgehead atoms. The molecule has 0 spiro atoms. The number of amidine groups is 1. The molecule has 494 valence electrons. The summed E-state index contributed by atoms with van der Waals surface area (Å²) in [5, 5.41) is 27.2. The summed E-state index contributed by atoms with van der Waals surface area (Å²) >= 11 is 0. The number of hydrazone groups is 1. The van der Waals surface area contributed by atoms with Gasteiger partial charge in [-0.25, -0.2) is 0 Å². The number of carbonyl (C=O) groups excluding carboxylic acids is 3. The number of amides is 3. The molecule has 5 aromatic rings. The zero-order valence-electron chi connectivity index (χ0n) is 53.4. The monoisotopic (exact) mass is 1290 g/mol. The molecule has 6 rings (SSSR count). The summed E-state index contributed by atoms with van der Waals surface area (Å²) in [6.45, 7) is 4.47. The van der Waals surface area contributed by atoms with Crippen molar-refractivity contribution < 1.29 is 54.9 Å². The van der Waals surface area contributed by atoms with Crippen LogP contribution < -0.4 is 25.1 Å². The molecule has 20 heteroatoms. The van der Waals surface area contributed by atoms with E-state index in [1.54, 1.807) is 60.7 Å². The minimum atomic E-state index is -4.91. The number of unbranched alkanes of at least 4 members (excludes halogenated alkanes) is 28. The zero-order chi connectivity index (χ0) is 65.1. The SMILES string of the molecule is CCCCCCCCCCCCCCCCCC(=O)NC1=NN(c2ccc(Oc3ccccc3)c(S(=O)(=O)O)c2)C(=O)\C1=C/C=C/C=C/c1c(NC(=O)CCCCCCCCCCCCCCCCC)nn(-c2ccc(Oc3ccccc3)c(S(=O)(=O)O)c2)c1O. The molecule has 0 atom stereocenters. The molecule has 91 heavy (non-hydrogen) atoms. The molecule has 0 radical (unpaired) electrons. The van der Waals surface area contributed by atoms with Crippen LogP contribution in [0.25, 0.3) is 11.8 Å². The Bertz CT molecular complexity index is 3420. The maximum Gasteiger partial charge on any atom is 0.298 e. The molecule has 0 aliphatic carbocycles. The predicted octanol–water partition coefficient (Wildman–Crippen LogP) is 18.1. The molecular weight excluding hydrogens is 1190 g/mol. The van der Waals surface area contributed by atoms with Crippen molar-refractivity contribution in [2.75, 3.05) is 10.3 Å². The van der Waals surface area contributed by atoms with Crippen molar-refractivity contribution in [3.05, 3.63) is 133 Å². The Morgan fingerprint density at radius 1 is 0.505 bits per heavy atom. The average molecular weight is 1290 g/mol. The van der Waals surface area contributed by atoms with Gasteiger partial charge in [-0.05, 0) is 85.7 Å². The normalized spacial score (nSPS) is 13.2. The van der Waals surface area contributed by atoms with Gasteiger partial charge in [0.05, 0.1) is 22.5 Å². The molecule has 0 saturated carbocycles. The lowest BCUT2D eigenvalue weighted by Crippen LogP contribution is -2.31. The molecule has 1 aromatic heterocycles. The smallest absolute Gasteiger partial charge is 0.298 e. The second-order valence-corrected chi connectivity index (χ2v) is 26.2. The summed E-state index contributed by atoms with van der Waals surface area (Å²) in [5.74, 6) is -1.93. The first kappa shape index (κ1) is 72.7. The molecule has 0 fully saturated rings. The molecule has 5 N–H and O–H groups in total. The highest BCUT2D eigenvalue weighted by molar-refractivity contribution is 7.86. The van der Waals surface area contributed by atoms with Gasteiger partial charge in [-0.2, -0.15) is 26.5 Å². The fourth-order valence-electron chi connectivity index (χ4n) is 10.8. The number of aromatic hydroxyl groups is 1. The van der Waals surface area contributed by atoms with Crippen LogP contribution in [0.1, 0.15) is 225 Å². The van der Waals surface area contributed by atoms with Crippen LogP contribution in [0.2, 0.25) is 0 Å². The van der Waals surface area contributed by atoms with Crippen LogP contribution in [0, 0.1) is 0 Å². The van der Waals surface area contributed by atoms with E-state index in [1.807, 2.05) is 0 Å². The molecule has 1 aliphatic heterocycles. The van der Waals surface area contributed by atoms with Crippen molar-refractivity contribution in [1.82, 2.24) is 15.1 Å². The lowest BCUT2D eigenvalue weighted by molar-refractivity contribution is -0.120. The highest BCUT2D eigenvalue weighted by atomic mass is 32.2. The third-order valence-electron chi connectivity index (χ3n) is 15.9. The first-order valence-corrected chi connectivity index (χ1v) is 36.0. The van der Waals surface area contributed by atoms with Crippen LogP contribution in [0.4, 0.5) is 11.5 Å². The number of carbonyl (C=O) groups is 3. The lowest BCUT2D eigenvalue weighted by atomic mass is 10.0. The molecule has 0 unspecified atom stereocenters. The molecule has 4 aromatic carbocycles. The van der Waals surface area contributed by atoms with Gasteiger partial charge in [0, 0.05) is 12.8 Å². The van der Waals surface area contributed by atoms with Gasteiger partial charge in [0.15, 0.2) is 11.7 Å². The summed E-state index contributed by atoms with van der Waals surface area (Å²) in [6, 6.07) is 24.3. The van der Waals surface area contributed by atoms with Crippen LogP contribution in [0.5, 0.6) is 28.9 Å². The quantitative estimate of drug-likeness (QED) is 0.0105. The van der Waals surface area contributed by atoms with Crippen molar-refractivity contribution >= 4 is 61.4 Å². The van der Waals surface area contributed by atoms with Crippen LogP contribution in [-0.4, -0.2) is 64.4 Å². The number of hydrogen-bond donors (Lipinski definition) is 5. The molecule has 0 saturated heterocycles. The summed E-state index contributed by atoms with van der Waals surface area (Å²) in [4.78, 5) is 40.2. The Balaban J connectivity index is 1.17. The number of nitrogens with one attached hydrogen (secondary N) is 2. The maximum absolute atomic E-state index is 14.3. The molecule has 2 heterocycles. The Kier molecular flexibility index (Phi) is 31.8. The van der Waals surface area contributed by atoms with Crippen molar-refractivity contribution in [2.45, 2.75) is 229 Å². The fraction of sp³-hybridized carbons (Fsp3) is 0.479. The summed E-state index contributed by atoms with van der Waals surface area (Å²) in [7, 11) is -9.79. The second kappa shape index (κ2) is 39.8. The standard InChI is InChI=1S/C71H96N6O12S2/c1-3-5-7-9-11-13-15-17-19-21-23-25-27-29-40-48-66(78)72-68-60(70(80)76(74-68)56-50-52-62(64(54-56)90(82,83)84)88-58-42-34-31-35-43-58)46-38-33-39-47-61-69(73-67(79)49-41-30-28-26-24-22-20-18-16-14-12-10-8-6-4-2)75-77(71(61)81)57-51-53-63(65(55-57)91(85,86)87)89-59-44-36-32-37-45-59/h31-39,42-47,50-55,80H,3-30,40-41,48-49H2,1-2H3,(H,72,74,78)(H,73,75,79)(H,82,83,84)(H,85,86,87)/b39-33+,46-38+,61-47-. The van der Waals surface area contributed by atoms with Gasteiger partial charge >= 0.3 is 0 Å². The van der Waals surface area contributed by atoms with Crippen LogP contribution in [-0.2, 0) is 34.6 Å². The maximum atomic E-state index is 14.3.